The second-order valence-electron chi connectivity index (χ2n) is 6.42. The van der Waals surface area contributed by atoms with Gasteiger partial charge in [-0.3, -0.25) is 14.2 Å². The number of hydrogen-bond acceptors (Lipinski definition) is 5. The first kappa shape index (κ1) is 15.6. The molecule has 0 bridgehead atoms. The Morgan fingerprint density at radius 3 is 2.84 bits per heavy atom. The molecule has 0 saturated heterocycles. The van der Waals surface area contributed by atoms with E-state index in [1.165, 1.54) is 32.1 Å². The normalized spacial score (nSPS) is 15.4. The number of primary amides is 1. The molecule has 7 heteroatoms. The van der Waals surface area contributed by atoms with Gasteiger partial charge in [-0.2, -0.15) is 0 Å². The highest BCUT2D eigenvalue weighted by Crippen LogP contribution is 2.23. The predicted molar refractivity (Wildman–Crippen MR) is 95.2 cm³/mol. The molecule has 3 N–H and O–H groups in total. The molecular weight excluding hydrogens is 316 g/mol. The molecule has 0 unspecified atom stereocenters. The molecule has 1 aliphatic rings. The van der Waals surface area contributed by atoms with Crippen LogP contribution in [0.3, 0.4) is 0 Å². The fraction of sp³-hybridized carbons (Fsp3) is 0.333. The van der Waals surface area contributed by atoms with Gasteiger partial charge in [0.15, 0.2) is 0 Å². The number of carbonyl (C=O) groups is 1. The molecular formula is C18H20N6O. The van der Waals surface area contributed by atoms with Gasteiger partial charge in [-0.15, -0.1) is 0 Å². The predicted octanol–water partition coefficient (Wildman–Crippen LogP) is 2.63. The van der Waals surface area contributed by atoms with Gasteiger partial charge in [0.2, 0.25) is 5.91 Å². The number of aromatic nitrogens is 4. The van der Waals surface area contributed by atoms with E-state index in [1.54, 1.807) is 36.9 Å². The maximum absolute atomic E-state index is 11.3. The molecule has 7 nitrogen and oxygen atoms in total. The second-order valence-corrected chi connectivity index (χ2v) is 6.42. The Hall–Kier alpha value is -2.96. The topological polar surface area (TPSA) is 98.2 Å². The first-order valence-electron chi connectivity index (χ1n) is 8.56. The van der Waals surface area contributed by atoms with Gasteiger partial charge in [0, 0.05) is 17.8 Å². The van der Waals surface area contributed by atoms with Crippen LogP contribution in [-0.4, -0.2) is 31.3 Å². The molecule has 25 heavy (non-hydrogen) atoms. The summed E-state index contributed by atoms with van der Waals surface area (Å²) >= 11 is 0. The number of nitrogens with zero attached hydrogens (tertiary/aromatic N) is 4. The highest BCUT2D eigenvalue weighted by Gasteiger charge is 2.15. The first-order chi connectivity index (χ1) is 12.2. The van der Waals surface area contributed by atoms with Crippen LogP contribution in [0.2, 0.25) is 0 Å². The Balaban J connectivity index is 1.64. The second kappa shape index (κ2) is 6.51. The minimum atomic E-state index is -0.467. The summed E-state index contributed by atoms with van der Waals surface area (Å²) in [6.45, 7) is 0. The SMILES string of the molecule is NC(=O)c1ccn2c(-c3cncc(NC4CCCCC4)n3)cnc2c1. The summed E-state index contributed by atoms with van der Waals surface area (Å²) in [4.78, 5) is 24.7. The number of nitrogens with two attached hydrogens (primary N) is 1. The Morgan fingerprint density at radius 2 is 2.04 bits per heavy atom. The molecule has 1 saturated carbocycles. The maximum Gasteiger partial charge on any atom is 0.248 e. The van der Waals surface area contributed by atoms with Gasteiger partial charge < -0.3 is 11.1 Å². The van der Waals surface area contributed by atoms with Crippen molar-refractivity contribution in [2.24, 2.45) is 5.73 Å². The number of hydrogen-bond donors (Lipinski definition) is 2. The number of nitrogens with one attached hydrogen (secondary N) is 1. The fourth-order valence-corrected chi connectivity index (χ4v) is 3.34. The lowest BCUT2D eigenvalue weighted by atomic mass is 9.95. The summed E-state index contributed by atoms with van der Waals surface area (Å²) in [6, 6.07) is 3.82. The average molecular weight is 336 g/mol. The summed E-state index contributed by atoms with van der Waals surface area (Å²) in [5.74, 6) is 0.318. The van der Waals surface area contributed by atoms with Gasteiger partial charge >= 0.3 is 0 Å². The fourth-order valence-electron chi connectivity index (χ4n) is 3.34. The number of amides is 1. The molecule has 1 amide bonds. The van der Waals surface area contributed by atoms with E-state index < -0.39 is 5.91 Å². The number of carbonyl (C=O) groups excluding carboxylic acids is 1. The van der Waals surface area contributed by atoms with Crippen LogP contribution < -0.4 is 11.1 Å². The molecule has 1 aliphatic carbocycles. The van der Waals surface area contributed by atoms with E-state index in [2.05, 4.69) is 15.3 Å². The van der Waals surface area contributed by atoms with Crippen LogP contribution >= 0.6 is 0 Å². The molecule has 3 aromatic heterocycles. The third kappa shape index (κ3) is 3.17. The number of rotatable bonds is 4. The van der Waals surface area contributed by atoms with Crippen molar-refractivity contribution in [1.29, 1.82) is 0 Å². The highest BCUT2D eigenvalue weighted by atomic mass is 16.1. The monoisotopic (exact) mass is 336 g/mol. The average Bonchev–Trinajstić information content (AvgIpc) is 3.06. The Kier molecular flexibility index (Phi) is 4.05. The van der Waals surface area contributed by atoms with E-state index in [4.69, 9.17) is 10.7 Å². The molecule has 0 atom stereocenters. The van der Waals surface area contributed by atoms with Gasteiger partial charge in [0.1, 0.15) is 17.2 Å². The standard InChI is InChI=1S/C18H20N6O/c19-18(25)12-6-7-24-15(10-21-17(24)8-12)14-9-20-11-16(23-14)22-13-4-2-1-3-5-13/h6-11,13H,1-5H2,(H2,19,25)(H,22,23). The summed E-state index contributed by atoms with van der Waals surface area (Å²) < 4.78 is 1.88. The molecule has 0 aliphatic heterocycles. The summed E-state index contributed by atoms with van der Waals surface area (Å²) in [6.07, 6.45) is 13.2. The number of imidazole rings is 1. The molecule has 3 heterocycles. The van der Waals surface area contributed by atoms with Crippen molar-refractivity contribution in [3.05, 3.63) is 42.5 Å². The minimum Gasteiger partial charge on any atom is -0.366 e. The van der Waals surface area contributed by atoms with Gasteiger partial charge in [0.05, 0.1) is 24.3 Å². The molecule has 128 valence electrons. The quantitative estimate of drug-likeness (QED) is 0.763. The van der Waals surface area contributed by atoms with Crippen LogP contribution in [0, 0.1) is 0 Å². The molecule has 0 spiro atoms. The van der Waals surface area contributed by atoms with E-state index in [9.17, 15) is 4.79 Å². The largest absolute Gasteiger partial charge is 0.366 e. The van der Waals surface area contributed by atoms with Crippen LogP contribution in [0.1, 0.15) is 42.5 Å². The Bertz CT molecular complexity index is 913. The van der Waals surface area contributed by atoms with E-state index >= 15 is 0 Å². The Labute approximate surface area is 145 Å². The lowest BCUT2D eigenvalue weighted by molar-refractivity contribution is 0.100. The van der Waals surface area contributed by atoms with Crippen molar-refractivity contribution in [3.63, 3.8) is 0 Å². The van der Waals surface area contributed by atoms with Crippen LogP contribution in [-0.2, 0) is 0 Å². The van der Waals surface area contributed by atoms with Crippen LogP contribution in [0.15, 0.2) is 36.9 Å². The first-order valence-corrected chi connectivity index (χ1v) is 8.56. The lowest BCUT2D eigenvalue weighted by Crippen LogP contribution is -2.22. The zero-order chi connectivity index (χ0) is 17.2. The molecule has 0 radical (unpaired) electrons. The van der Waals surface area contributed by atoms with E-state index in [1.807, 2.05) is 4.40 Å². The molecule has 0 aromatic carbocycles. The van der Waals surface area contributed by atoms with E-state index in [0.29, 0.717) is 17.3 Å². The van der Waals surface area contributed by atoms with Gasteiger partial charge in [-0.05, 0) is 25.0 Å². The summed E-state index contributed by atoms with van der Waals surface area (Å²) in [5.41, 5.74) is 7.97. The third-order valence-corrected chi connectivity index (χ3v) is 4.65. The van der Waals surface area contributed by atoms with Crippen molar-refractivity contribution in [2.75, 3.05) is 5.32 Å². The molecule has 1 fully saturated rings. The lowest BCUT2D eigenvalue weighted by Gasteiger charge is -2.23. The van der Waals surface area contributed by atoms with Crippen molar-refractivity contribution in [2.45, 2.75) is 38.1 Å². The number of fused-ring (bicyclic) bond motifs is 1. The third-order valence-electron chi connectivity index (χ3n) is 4.65. The van der Waals surface area contributed by atoms with E-state index in [0.717, 1.165) is 17.2 Å². The maximum atomic E-state index is 11.3. The highest BCUT2D eigenvalue weighted by molar-refractivity contribution is 5.93. The number of anilines is 1. The van der Waals surface area contributed by atoms with Crippen LogP contribution in [0.5, 0.6) is 0 Å². The number of pyridine rings is 1. The zero-order valence-corrected chi connectivity index (χ0v) is 13.9. The smallest absolute Gasteiger partial charge is 0.248 e. The molecule has 3 aromatic rings. The van der Waals surface area contributed by atoms with Gasteiger partial charge in [0.25, 0.3) is 0 Å². The van der Waals surface area contributed by atoms with E-state index in [-0.39, 0.29) is 0 Å². The van der Waals surface area contributed by atoms with Gasteiger partial charge in [-0.25, -0.2) is 9.97 Å². The Morgan fingerprint density at radius 1 is 1.20 bits per heavy atom. The minimum absolute atomic E-state index is 0.434. The van der Waals surface area contributed by atoms with Crippen molar-refractivity contribution >= 4 is 17.4 Å². The summed E-state index contributed by atoms with van der Waals surface area (Å²) in [5, 5.41) is 3.49. The summed E-state index contributed by atoms with van der Waals surface area (Å²) in [7, 11) is 0. The van der Waals surface area contributed by atoms with Crippen LogP contribution in [0.25, 0.3) is 17.0 Å². The zero-order valence-electron chi connectivity index (χ0n) is 13.9. The van der Waals surface area contributed by atoms with Crippen molar-refractivity contribution in [1.82, 2.24) is 19.4 Å². The van der Waals surface area contributed by atoms with Crippen LogP contribution in [0.4, 0.5) is 5.82 Å². The van der Waals surface area contributed by atoms with Gasteiger partial charge in [-0.1, -0.05) is 19.3 Å². The van der Waals surface area contributed by atoms with Crippen molar-refractivity contribution < 1.29 is 4.79 Å². The molecule has 4 rings (SSSR count). The van der Waals surface area contributed by atoms with Crippen molar-refractivity contribution in [3.8, 4) is 11.4 Å².